The van der Waals surface area contributed by atoms with Gasteiger partial charge in [0.2, 0.25) is 0 Å². The quantitative estimate of drug-likeness (QED) is 0.814. The SMILES string of the molecule is CN(C(=O)NC1CCCNC1)c1ccccc1. The topological polar surface area (TPSA) is 44.4 Å². The molecule has 0 aliphatic carbocycles. The molecular formula is C13H19N3O. The third-order valence-corrected chi connectivity index (χ3v) is 3.07. The van der Waals surface area contributed by atoms with Gasteiger partial charge in [-0.25, -0.2) is 4.79 Å². The summed E-state index contributed by atoms with van der Waals surface area (Å²) in [5.41, 5.74) is 0.911. The van der Waals surface area contributed by atoms with E-state index in [-0.39, 0.29) is 12.1 Å². The number of nitrogens with zero attached hydrogens (tertiary/aromatic N) is 1. The number of amides is 2. The van der Waals surface area contributed by atoms with Crippen molar-refractivity contribution < 1.29 is 4.79 Å². The van der Waals surface area contributed by atoms with Gasteiger partial charge in [0.25, 0.3) is 0 Å². The number of hydrogen-bond donors (Lipinski definition) is 2. The van der Waals surface area contributed by atoms with E-state index in [0.29, 0.717) is 0 Å². The smallest absolute Gasteiger partial charge is 0.321 e. The van der Waals surface area contributed by atoms with Crippen molar-refractivity contribution in [3.8, 4) is 0 Å². The van der Waals surface area contributed by atoms with Crippen molar-refractivity contribution in [2.45, 2.75) is 18.9 Å². The van der Waals surface area contributed by atoms with Gasteiger partial charge < -0.3 is 10.6 Å². The molecule has 2 N–H and O–H groups in total. The normalized spacial score (nSPS) is 19.7. The van der Waals surface area contributed by atoms with E-state index in [9.17, 15) is 4.79 Å². The summed E-state index contributed by atoms with van der Waals surface area (Å²) in [4.78, 5) is 13.6. The molecule has 92 valence electrons. The molecule has 4 nitrogen and oxygen atoms in total. The van der Waals surface area contributed by atoms with Crippen LogP contribution in [0.15, 0.2) is 30.3 Å². The molecule has 2 amide bonds. The maximum absolute atomic E-state index is 12.0. The molecule has 1 saturated heterocycles. The minimum atomic E-state index is -0.0371. The van der Waals surface area contributed by atoms with Crippen molar-refractivity contribution in [1.29, 1.82) is 0 Å². The number of benzene rings is 1. The summed E-state index contributed by atoms with van der Waals surface area (Å²) in [7, 11) is 1.79. The van der Waals surface area contributed by atoms with Crippen molar-refractivity contribution in [2.75, 3.05) is 25.0 Å². The number of hydrogen-bond acceptors (Lipinski definition) is 2. The van der Waals surface area contributed by atoms with E-state index >= 15 is 0 Å². The van der Waals surface area contributed by atoms with E-state index in [4.69, 9.17) is 0 Å². The number of carbonyl (C=O) groups excluding carboxylic acids is 1. The molecule has 1 aromatic carbocycles. The predicted octanol–water partition coefficient (Wildman–Crippen LogP) is 1.58. The van der Waals surface area contributed by atoms with Gasteiger partial charge >= 0.3 is 6.03 Å². The second kappa shape index (κ2) is 5.68. The largest absolute Gasteiger partial charge is 0.334 e. The van der Waals surface area contributed by atoms with Gasteiger partial charge in [-0.3, -0.25) is 4.90 Å². The predicted molar refractivity (Wildman–Crippen MR) is 69.3 cm³/mol. The van der Waals surface area contributed by atoms with Gasteiger partial charge in [0, 0.05) is 25.3 Å². The summed E-state index contributed by atoms with van der Waals surface area (Å²) >= 11 is 0. The third-order valence-electron chi connectivity index (χ3n) is 3.07. The van der Waals surface area contributed by atoms with Gasteiger partial charge in [-0.2, -0.15) is 0 Å². The number of urea groups is 1. The molecule has 1 fully saturated rings. The second-order valence-electron chi connectivity index (χ2n) is 4.39. The lowest BCUT2D eigenvalue weighted by Gasteiger charge is -2.26. The lowest BCUT2D eigenvalue weighted by atomic mass is 10.1. The standard InChI is InChI=1S/C13H19N3O/c1-16(12-7-3-2-4-8-12)13(17)15-11-6-5-9-14-10-11/h2-4,7-8,11,14H,5-6,9-10H2,1H3,(H,15,17). The van der Waals surface area contributed by atoms with Gasteiger partial charge in [-0.15, -0.1) is 0 Å². The zero-order valence-corrected chi connectivity index (χ0v) is 10.1. The number of piperidine rings is 1. The highest BCUT2D eigenvalue weighted by atomic mass is 16.2. The van der Waals surface area contributed by atoms with Crippen LogP contribution in [0.4, 0.5) is 10.5 Å². The summed E-state index contributed by atoms with van der Waals surface area (Å²) in [5, 5.41) is 6.33. The van der Waals surface area contributed by atoms with Crippen molar-refractivity contribution in [1.82, 2.24) is 10.6 Å². The lowest BCUT2D eigenvalue weighted by Crippen LogP contribution is -2.49. The average Bonchev–Trinajstić information content (AvgIpc) is 2.40. The number of anilines is 1. The Balaban J connectivity index is 1.91. The van der Waals surface area contributed by atoms with Crippen molar-refractivity contribution >= 4 is 11.7 Å². The number of para-hydroxylation sites is 1. The van der Waals surface area contributed by atoms with Crippen LogP contribution in [-0.4, -0.2) is 32.2 Å². The summed E-state index contributed by atoms with van der Waals surface area (Å²) in [5.74, 6) is 0. The number of nitrogens with one attached hydrogen (secondary N) is 2. The molecule has 4 heteroatoms. The minimum absolute atomic E-state index is 0.0371. The molecule has 0 bridgehead atoms. The van der Waals surface area contributed by atoms with E-state index in [2.05, 4.69) is 10.6 Å². The monoisotopic (exact) mass is 233 g/mol. The third kappa shape index (κ3) is 3.20. The average molecular weight is 233 g/mol. The van der Waals surface area contributed by atoms with E-state index < -0.39 is 0 Å². The summed E-state index contributed by atoms with van der Waals surface area (Å²) < 4.78 is 0. The first kappa shape index (κ1) is 11.9. The molecule has 0 aromatic heterocycles. The molecule has 0 spiro atoms. The van der Waals surface area contributed by atoms with E-state index in [0.717, 1.165) is 31.6 Å². The van der Waals surface area contributed by atoms with Crippen molar-refractivity contribution in [3.63, 3.8) is 0 Å². The van der Waals surface area contributed by atoms with Gasteiger partial charge in [0.05, 0.1) is 0 Å². The molecule has 1 aliphatic rings. The number of carbonyl (C=O) groups is 1. The fourth-order valence-electron chi connectivity index (χ4n) is 2.02. The van der Waals surface area contributed by atoms with Gasteiger partial charge in [0.1, 0.15) is 0 Å². The van der Waals surface area contributed by atoms with Crippen LogP contribution in [-0.2, 0) is 0 Å². The van der Waals surface area contributed by atoms with Crippen LogP contribution < -0.4 is 15.5 Å². The molecule has 2 rings (SSSR count). The Labute approximate surface area is 102 Å². The van der Waals surface area contributed by atoms with E-state index in [1.165, 1.54) is 0 Å². The first-order valence-electron chi connectivity index (χ1n) is 6.07. The van der Waals surface area contributed by atoms with Gasteiger partial charge in [-0.1, -0.05) is 18.2 Å². The minimum Gasteiger partial charge on any atom is -0.334 e. The van der Waals surface area contributed by atoms with E-state index in [1.54, 1.807) is 11.9 Å². The summed E-state index contributed by atoms with van der Waals surface area (Å²) in [6.07, 6.45) is 2.18. The Morgan fingerprint density at radius 3 is 2.82 bits per heavy atom. The lowest BCUT2D eigenvalue weighted by molar-refractivity contribution is 0.240. The van der Waals surface area contributed by atoms with Crippen LogP contribution in [0.1, 0.15) is 12.8 Å². The highest BCUT2D eigenvalue weighted by Crippen LogP contribution is 2.11. The van der Waals surface area contributed by atoms with Crippen LogP contribution in [0.2, 0.25) is 0 Å². The second-order valence-corrected chi connectivity index (χ2v) is 4.39. The first-order chi connectivity index (χ1) is 8.27. The Morgan fingerprint density at radius 2 is 2.18 bits per heavy atom. The van der Waals surface area contributed by atoms with E-state index in [1.807, 2.05) is 30.3 Å². The van der Waals surface area contributed by atoms with Crippen LogP contribution in [0.25, 0.3) is 0 Å². The summed E-state index contributed by atoms with van der Waals surface area (Å²) in [6, 6.07) is 9.88. The van der Waals surface area contributed by atoms with Gasteiger partial charge in [0.15, 0.2) is 0 Å². The van der Waals surface area contributed by atoms with Crippen LogP contribution >= 0.6 is 0 Å². The molecule has 1 aromatic rings. The maximum atomic E-state index is 12.0. The fraction of sp³-hybridized carbons (Fsp3) is 0.462. The highest BCUT2D eigenvalue weighted by Gasteiger charge is 2.17. The Morgan fingerprint density at radius 1 is 1.41 bits per heavy atom. The Bertz CT molecular complexity index is 360. The zero-order valence-electron chi connectivity index (χ0n) is 10.1. The fourth-order valence-corrected chi connectivity index (χ4v) is 2.02. The molecule has 1 heterocycles. The maximum Gasteiger partial charge on any atom is 0.321 e. The Kier molecular flexibility index (Phi) is 3.98. The molecule has 1 unspecified atom stereocenters. The molecule has 0 radical (unpaired) electrons. The van der Waals surface area contributed by atoms with Crippen molar-refractivity contribution in [2.24, 2.45) is 0 Å². The zero-order chi connectivity index (χ0) is 12.1. The van der Waals surface area contributed by atoms with Crippen molar-refractivity contribution in [3.05, 3.63) is 30.3 Å². The molecule has 1 aliphatic heterocycles. The van der Waals surface area contributed by atoms with Crippen LogP contribution in [0.3, 0.4) is 0 Å². The Hall–Kier alpha value is -1.55. The summed E-state index contributed by atoms with van der Waals surface area (Å²) in [6.45, 7) is 1.93. The van der Waals surface area contributed by atoms with Crippen LogP contribution in [0.5, 0.6) is 0 Å². The van der Waals surface area contributed by atoms with Crippen LogP contribution in [0, 0.1) is 0 Å². The first-order valence-corrected chi connectivity index (χ1v) is 6.07. The molecule has 1 atom stereocenters. The number of rotatable bonds is 2. The molecule has 17 heavy (non-hydrogen) atoms. The van der Waals surface area contributed by atoms with Gasteiger partial charge in [-0.05, 0) is 31.5 Å². The molecular weight excluding hydrogens is 214 g/mol. The molecule has 0 saturated carbocycles. The highest BCUT2D eigenvalue weighted by molar-refractivity contribution is 5.91.